The topological polar surface area (TPSA) is 45.7 Å². The first kappa shape index (κ1) is 22.5. The lowest BCUT2D eigenvalue weighted by molar-refractivity contribution is 0.0531. The van der Waals surface area contributed by atoms with Gasteiger partial charge < -0.3 is 15.4 Å². The Morgan fingerprint density at radius 2 is 2.04 bits per heavy atom. The Balaban J connectivity index is 0.00000312. The molecule has 1 aromatic rings. The second kappa shape index (κ2) is 11.2. The largest absolute Gasteiger partial charge is 0.381 e. The fourth-order valence-corrected chi connectivity index (χ4v) is 3.19. The van der Waals surface area contributed by atoms with Gasteiger partial charge in [-0.1, -0.05) is 30.7 Å². The summed E-state index contributed by atoms with van der Waals surface area (Å²) in [5.74, 6) is 0.889. The van der Waals surface area contributed by atoms with Crippen molar-refractivity contribution in [3.8, 4) is 0 Å². The summed E-state index contributed by atoms with van der Waals surface area (Å²) in [7, 11) is 0. The van der Waals surface area contributed by atoms with E-state index in [4.69, 9.17) is 21.3 Å². The van der Waals surface area contributed by atoms with Crippen LogP contribution in [0, 0.1) is 0 Å². The summed E-state index contributed by atoms with van der Waals surface area (Å²) >= 11 is 6.23. The third kappa shape index (κ3) is 6.61. The van der Waals surface area contributed by atoms with Crippen molar-refractivity contribution < 1.29 is 4.74 Å². The molecule has 1 heterocycles. The van der Waals surface area contributed by atoms with E-state index < -0.39 is 0 Å². The maximum absolute atomic E-state index is 6.23. The van der Waals surface area contributed by atoms with Crippen molar-refractivity contribution in [3.05, 3.63) is 34.9 Å². The molecule has 1 aromatic carbocycles. The van der Waals surface area contributed by atoms with Gasteiger partial charge in [0.25, 0.3) is 0 Å². The molecule has 1 aliphatic rings. The van der Waals surface area contributed by atoms with Gasteiger partial charge in [-0.25, -0.2) is 0 Å². The predicted molar refractivity (Wildman–Crippen MR) is 117 cm³/mol. The molecule has 6 heteroatoms. The van der Waals surface area contributed by atoms with E-state index in [1.165, 1.54) is 5.56 Å². The lowest BCUT2D eigenvalue weighted by Gasteiger charge is -2.37. The average molecular weight is 480 g/mol. The van der Waals surface area contributed by atoms with Crippen LogP contribution in [-0.4, -0.2) is 38.3 Å². The monoisotopic (exact) mass is 479 g/mol. The van der Waals surface area contributed by atoms with Crippen molar-refractivity contribution in [2.75, 3.05) is 26.3 Å². The van der Waals surface area contributed by atoms with Crippen LogP contribution in [0.2, 0.25) is 5.02 Å². The van der Waals surface area contributed by atoms with Crippen molar-refractivity contribution in [3.63, 3.8) is 0 Å². The van der Waals surface area contributed by atoms with Crippen molar-refractivity contribution in [1.82, 2.24) is 10.6 Å². The van der Waals surface area contributed by atoms with Crippen LogP contribution in [0.3, 0.4) is 0 Å². The molecule has 0 radical (unpaired) electrons. The molecule has 0 aliphatic carbocycles. The number of hydrogen-bond acceptors (Lipinski definition) is 2. The fourth-order valence-electron chi connectivity index (χ4n) is 3.00. The maximum Gasteiger partial charge on any atom is 0.191 e. The highest BCUT2D eigenvalue weighted by molar-refractivity contribution is 14.0. The second-order valence-electron chi connectivity index (χ2n) is 6.55. The van der Waals surface area contributed by atoms with Crippen molar-refractivity contribution in [2.24, 2.45) is 4.99 Å². The lowest BCUT2D eigenvalue weighted by Crippen LogP contribution is -2.44. The van der Waals surface area contributed by atoms with Crippen LogP contribution in [0.15, 0.2) is 29.3 Å². The number of guanidine groups is 1. The van der Waals surface area contributed by atoms with Crippen molar-refractivity contribution in [2.45, 2.75) is 51.5 Å². The van der Waals surface area contributed by atoms with Gasteiger partial charge in [-0.2, -0.15) is 0 Å². The Hall–Kier alpha value is -0.530. The number of benzene rings is 1. The standard InChI is InChI=1S/C19H30ClN3O.HI/c1-4-15(3)23-18(21-5-2)22-14-19(9-11-24-12-10-19)16-7-6-8-17(20)13-16;/h6-8,13,15H,4-5,9-12,14H2,1-3H3,(H2,21,22,23);1H. The van der Waals surface area contributed by atoms with Crippen LogP contribution in [0.5, 0.6) is 0 Å². The molecule has 0 aromatic heterocycles. The Labute approximate surface area is 174 Å². The molecule has 25 heavy (non-hydrogen) atoms. The average Bonchev–Trinajstić information content (AvgIpc) is 2.60. The Bertz CT molecular complexity index is 547. The molecule has 0 spiro atoms. The molecule has 4 nitrogen and oxygen atoms in total. The summed E-state index contributed by atoms with van der Waals surface area (Å²) in [5.41, 5.74) is 1.27. The molecule has 1 unspecified atom stereocenters. The molecule has 0 bridgehead atoms. The summed E-state index contributed by atoms with van der Waals surface area (Å²) in [6.07, 6.45) is 3.01. The molecule has 0 amide bonds. The number of halogens is 2. The number of aliphatic imine (C=N–C) groups is 1. The number of nitrogens with one attached hydrogen (secondary N) is 2. The Morgan fingerprint density at radius 1 is 1.32 bits per heavy atom. The summed E-state index contributed by atoms with van der Waals surface area (Å²) in [4.78, 5) is 4.90. The molecule has 1 fully saturated rings. The first-order valence-corrected chi connectivity index (χ1v) is 9.36. The summed E-state index contributed by atoms with van der Waals surface area (Å²) < 4.78 is 5.60. The molecule has 1 aliphatic heterocycles. The summed E-state index contributed by atoms with van der Waals surface area (Å²) in [6, 6.07) is 8.61. The normalized spacial score (nSPS) is 18.2. The summed E-state index contributed by atoms with van der Waals surface area (Å²) in [6.45, 7) is 9.59. The van der Waals surface area contributed by atoms with E-state index in [1.807, 2.05) is 12.1 Å². The maximum atomic E-state index is 6.23. The highest BCUT2D eigenvalue weighted by Gasteiger charge is 2.34. The third-order valence-corrected chi connectivity index (χ3v) is 5.00. The summed E-state index contributed by atoms with van der Waals surface area (Å²) in [5, 5.41) is 7.60. The number of rotatable bonds is 6. The van der Waals surface area contributed by atoms with Gasteiger partial charge >= 0.3 is 0 Å². The Kier molecular flexibility index (Phi) is 10.1. The van der Waals surface area contributed by atoms with Gasteiger partial charge in [0.1, 0.15) is 0 Å². The predicted octanol–water partition coefficient (Wildman–Crippen LogP) is 4.36. The first-order valence-electron chi connectivity index (χ1n) is 8.98. The molecular weight excluding hydrogens is 449 g/mol. The zero-order valence-electron chi connectivity index (χ0n) is 15.5. The number of nitrogens with zero attached hydrogens (tertiary/aromatic N) is 1. The smallest absolute Gasteiger partial charge is 0.191 e. The molecular formula is C19H31ClIN3O. The van der Waals surface area contributed by atoms with Crippen LogP contribution in [-0.2, 0) is 10.2 Å². The van der Waals surface area contributed by atoms with Crippen molar-refractivity contribution >= 4 is 41.5 Å². The van der Waals surface area contributed by atoms with E-state index >= 15 is 0 Å². The van der Waals surface area contributed by atoms with Crippen LogP contribution in [0.1, 0.15) is 45.6 Å². The zero-order chi connectivity index (χ0) is 17.4. The lowest BCUT2D eigenvalue weighted by atomic mass is 9.74. The van der Waals surface area contributed by atoms with E-state index in [0.717, 1.165) is 56.5 Å². The van der Waals surface area contributed by atoms with Gasteiger partial charge in [-0.05, 0) is 50.8 Å². The zero-order valence-corrected chi connectivity index (χ0v) is 18.6. The van der Waals surface area contributed by atoms with E-state index in [9.17, 15) is 0 Å². The van der Waals surface area contributed by atoms with Gasteiger partial charge in [-0.3, -0.25) is 4.99 Å². The van der Waals surface area contributed by atoms with Gasteiger partial charge in [-0.15, -0.1) is 24.0 Å². The van der Waals surface area contributed by atoms with Crippen LogP contribution in [0.4, 0.5) is 0 Å². The molecule has 2 N–H and O–H groups in total. The second-order valence-corrected chi connectivity index (χ2v) is 6.99. The third-order valence-electron chi connectivity index (χ3n) is 4.77. The van der Waals surface area contributed by atoms with E-state index in [-0.39, 0.29) is 29.4 Å². The van der Waals surface area contributed by atoms with Crippen LogP contribution in [0.25, 0.3) is 0 Å². The molecule has 2 rings (SSSR count). The van der Waals surface area contributed by atoms with Gasteiger partial charge in [0.2, 0.25) is 0 Å². The van der Waals surface area contributed by atoms with Crippen LogP contribution >= 0.6 is 35.6 Å². The number of ether oxygens (including phenoxy) is 1. The SMILES string of the molecule is CCNC(=NCC1(c2cccc(Cl)c2)CCOCC1)NC(C)CC.I. The quantitative estimate of drug-likeness (QED) is 0.362. The van der Waals surface area contributed by atoms with Gasteiger partial charge in [0.05, 0.1) is 6.54 Å². The van der Waals surface area contributed by atoms with Gasteiger partial charge in [0.15, 0.2) is 5.96 Å². The Morgan fingerprint density at radius 3 is 2.64 bits per heavy atom. The molecule has 142 valence electrons. The highest BCUT2D eigenvalue weighted by atomic mass is 127. The van der Waals surface area contributed by atoms with E-state index in [2.05, 4.69) is 43.5 Å². The molecule has 1 atom stereocenters. The first-order chi connectivity index (χ1) is 11.6. The molecule has 1 saturated heterocycles. The minimum absolute atomic E-state index is 0. The van der Waals surface area contributed by atoms with Gasteiger partial charge in [0, 0.05) is 36.2 Å². The number of hydrogen-bond donors (Lipinski definition) is 2. The fraction of sp³-hybridized carbons (Fsp3) is 0.632. The van der Waals surface area contributed by atoms with E-state index in [1.54, 1.807) is 0 Å². The van der Waals surface area contributed by atoms with E-state index in [0.29, 0.717) is 6.04 Å². The van der Waals surface area contributed by atoms with Crippen LogP contribution < -0.4 is 10.6 Å². The minimum atomic E-state index is 0. The van der Waals surface area contributed by atoms with Crippen molar-refractivity contribution in [1.29, 1.82) is 0 Å². The highest BCUT2D eigenvalue weighted by Crippen LogP contribution is 2.36. The molecule has 0 saturated carbocycles. The minimum Gasteiger partial charge on any atom is -0.381 e.